The average Bonchev–Trinajstić information content (AvgIpc) is 2.30. The zero-order valence-corrected chi connectivity index (χ0v) is 8.08. The minimum absolute atomic E-state index is 0.0605. The summed E-state index contributed by atoms with van der Waals surface area (Å²) < 4.78 is 5.82. The third-order valence-corrected chi connectivity index (χ3v) is 3.59. The van der Waals surface area contributed by atoms with E-state index in [1.807, 2.05) is 13.8 Å². The van der Waals surface area contributed by atoms with E-state index in [2.05, 4.69) is 6.07 Å². The van der Waals surface area contributed by atoms with Gasteiger partial charge in [-0.2, -0.15) is 5.26 Å². The monoisotopic (exact) mass is 181 g/mol. The fourth-order valence-electron chi connectivity index (χ4n) is 2.61. The number of hydrogen-bond acceptors (Lipinski definition) is 3. The summed E-state index contributed by atoms with van der Waals surface area (Å²) in [4.78, 5) is 0. The van der Waals surface area contributed by atoms with Crippen LogP contribution in [0.15, 0.2) is 0 Å². The lowest BCUT2D eigenvalue weighted by Gasteiger charge is -2.39. The molecule has 1 unspecified atom stereocenters. The lowest BCUT2D eigenvalue weighted by atomic mass is 9.87. The van der Waals surface area contributed by atoms with Gasteiger partial charge in [0.2, 0.25) is 0 Å². The summed E-state index contributed by atoms with van der Waals surface area (Å²) in [6, 6.07) is 2.29. The van der Waals surface area contributed by atoms with Gasteiger partial charge in [-0.3, -0.25) is 0 Å². The van der Waals surface area contributed by atoms with Crippen molar-refractivity contribution >= 4 is 0 Å². The second kappa shape index (κ2) is 2.46. The predicted octanol–water partition coefficient (Wildman–Crippen LogP) is 1.22. The number of rotatable bonds is 0. The summed E-state index contributed by atoms with van der Waals surface area (Å²) in [7, 11) is 0. The zero-order valence-electron chi connectivity index (χ0n) is 8.08. The molecule has 0 aromatic heterocycles. The fourth-order valence-corrected chi connectivity index (χ4v) is 2.61. The van der Waals surface area contributed by atoms with Gasteiger partial charge in [-0.1, -0.05) is 0 Å². The van der Waals surface area contributed by atoms with Crippen LogP contribution in [0.3, 0.4) is 0 Å². The Morgan fingerprint density at radius 3 is 2.69 bits per heavy atom. The number of aliphatic hydroxyl groups excluding tert-OH is 1. The van der Waals surface area contributed by atoms with Gasteiger partial charge in [0, 0.05) is 0 Å². The largest absolute Gasteiger partial charge is 0.390 e. The molecule has 2 heterocycles. The number of nitrogens with zero attached hydrogens (tertiary/aromatic N) is 1. The Hall–Kier alpha value is -0.590. The Labute approximate surface area is 78.3 Å². The summed E-state index contributed by atoms with van der Waals surface area (Å²) in [6.45, 7) is 3.89. The van der Waals surface area contributed by atoms with E-state index in [4.69, 9.17) is 10.00 Å². The molecule has 2 aliphatic heterocycles. The van der Waals surface area contributed by atoms with Crippen molar-refractivity contribution in [2.45, 2.75) is 50.4 Å². The van der Waals surface area contributed by atoms with Crippen LogP contribution in [0, 0.1) is 17.2 Å². The van der Waals surface area contributed by atoms with Crippen LogP contribution in [0.1, 0.15) is 33.1 Å². The molecule has 0 spiro atoms. The molecule has 0 aromatic rings. The quantitative estimate of drug-likeness (QED) is 0.611. The molecule has 0 saturated carbocycles. The summed E-state index contributed by atoms with van der Waals surface area (Å²) in [5, 5.41) is 18.7. The van der Waals surface area contributed by atoms with Crippen LogP contribution in [-0.4, -0.2) is 22.4 Å². The maximum absolute atomic E-state index is 9.75. The molecule has 2 fully saturated rings. The molecule has 0 aliphatic carbocycles. The Kier molecular flexibility index (Phi) is 1.70. The first-order valence-corrected chi connectivity index (χ1v) is 4.78. The van der Waals surface area contributed by atoms with Gasteiger partial charge in [0.15, 0.2) is 0 Å². The van der Waals surface area contributed by atoms with Crippen LogP contribution < -0.4 is 0 Å². The molecule has 2 rings (SSSR count). The first-order valence-electron chi connectivity index (χ1n) is 4.78. The van der Waals surface area contributed by atoms with Crippen LogP contribution >= 0.6 is 0 Å². The van der Waals surface area contributed by atoms with Gasteiger partial charge in [-0.05, 0) is 33.1 Å². The second-order valence-corrected chi connectivity index (χ2v) is 4.67. The molecular formula is C10H15NO2. The Morgan fingerprint density at radius 2 is 2.15 bits per heavy atom. The smallest absolute Gasteiger partial charge is 0.0933 e. The average molecular weight is 181 g/mol. The molecule has 4 atom stereocenters. The molecule has 3 heteroatoms. The van der Waals surface area contributed by atoms with E-state index in [9.17, 15) is 5.11 Å². The van der Waals surface area contributed by atoms with Crippen molar-refractivity contribution in [3.05, 3.63) is 0 Å². The zero-order chi connectivity index (χ0) is 9.69. The number of ether oxygens (including phenoxy) is 1. The van der Waals surface area contributed by atoms with Crippen molar-refractivity contribution in [1.82, 2.24) is 0 Å². The normalized spacial score (nSPS) is 54.6. The Bertz CT molecular complexity index is 273. The molecule has 13 heavy (non-hydrogen) atoms. The van der Waals surface area contributed by atoms with E-state index in [1.54, 1.807) is 0 Å². The molecule has 0 amide bonds. The third kappa shape index (κ3) is 1.09. The van der Waals surface area contributed by atoms with Crippen molar-refractivity contribution in [1.29, 1.82) is 5.26 Å². The fraction of sp³-hybridized carbons (Fsp3) is 0.900. The van der Waals surface area contributed by atoms with Crippen LogP contribution in [0.2, 0.25) is 0 Å². The summed E-state index contributed by atoms with van der Waals surface area (Å²) in [5.74, 6) is -0.0605. The first-order chi connectivity index (χ1) is 6.00. The highest BCUT2D eigenvalue weighted by atomic mass is 16.5. The molecule has 2 bridgehead atoms. The van der Waals surface area contributed by atoms with Gasteiger partial charge in [0.05, 0.1) is 29.3 Å². The van der Waals surface area contributed by atoms with Gasteiger partial charge >= 0.3 is 0 Å². The van der Waals surface area contributed by atoms with Crippen molar-refractivity contribution < 1.29 is 9.84 Å². The lowest BCUT2D eigenvalue weighted by molar-refractivity contribution is -0.180. The Morgan fingerprint density at radius 1 is 1.46 bits per heavy atom. The van der Waals surface area contributed by atoms with Gasteiger partial charge in [0.1, 0.15) is 0 Å². The number of nitriles is 1. The van der Waals surface area contributed by atoms with E-state index < -0.39 is 11.7 Å². The molecule has 2 aliphatic rings. The highest BCUT2D eigenvalue weighted by molar-refractivity contribution is 5.12. The first kappa shape index (κ1) is 8.98. The number of aliphatic hydroxyl groups is 1. The molecule has 3 nitrogen and oxygen atoms in total. The SMILES string of the molecule is C[C@]12CC[C@H](O)[C@](C)(CC1C#N)O2. The van der Waals surface area contributed by atoms with Gasteiger partial charge in [0.25, 0.3) is 0 Å². The van der Waals surface area contributed by atoms with Crippen LogP contribution in [0.25, 0.3) is 0 Å². The minimum Gasteiger partial charge on any atom is -0.390 e. The van der Waals surface area contributed by atoms with Gasteiger partial charge < -0.3 is 9.84 Å². The predicted molar refractivity (Wildman–Crippen MR) is 46.9 cm³/mol. The maximum atomic E-state index is 9.75. The Balaban J connectivity index is 2.32. The third-order valence-electron chi connectivity index (χ3n) is 3.59. The van der Waals surface area contributed by atoms with E-state index >= 15 is 0 Å². The van der Waals surface area contributed by atoms with Crippen LogP contribution in [0.5, 0.6) is 0 Å². The van der Waals surface area contributed by atoms with Crippen molar-refractivity contribution in [3.8, 4) is 6.07 Å². The topological polar surface area (TPSA) is 53.2 Å². The van der Waals surface area contributed by atoms with Crippen LogP contribution in [0.4, 0.5) is 0 Å². The van der Waals surface area contributed by atoms with Gasteiger partial charge in [-0.15, -0.1) is 0 Å². The molecule has 1 N–H and O–H groups in total. The van der Waals surface area contributed by atoms with Gasteiger partial charge in [-0.25, -0.2) is 0 Å². The standard InChI is InChI=1S/C10H15NO2/c1-9-4-3-8(12)10(2,13-9)5-7(9)6-11/h7-8,12H,3-5H2,1-2H3/t7?,8-,9-,10-/m0/s1. The molecule has 2 saturated heterocycles. The van der Waals surface area contributed by atoms with E-state index in [0.29, 0.717) is 6.42 Å². The molecule has 0 aromatic carbocycles. The van der Waals surface area contributed by atoms with Crippen LogP contribution in [-0.2, 0) is 4.74 Å². The van der Waals surface area contributed by atoms with E-state index in [-0.39, 0.29) is 11.5 Å². The molecular weight excluding hydrogens is 166 g/mol. The summed E-state index contributed by atoms with van der Waals surface area (Å²) in [5.41, 5.74) is -0.796. The van der Waals surface area contributed by atoms with Crippen molar-refractivity contribution in [2.75, 3.05) is 0 Å². The maximum Gasteiger partial charge on any atom is 0.0933 e. The summed E-state index contributed by atoms with van der Waals surface area (Å²) in [6.07, 6.45) is 1.81. The highest BCUT2D eigenvalue weighted by Gasteiger charge is 2.57. The number of fused-ring (bicyclic) bond motifs is 2. The van der Waals surface area contributed by atoms with Crippen molar-refractivity contribution in [2.24, 2.45) is 5.92 Å². The second-order valence-electron chi connectivity index (χ2n) is 4.67. The molecule has 72 valence electrons. The molecule has 0 radical (unpaired) electrons. The van der Waals surface area contributed by atoms with E-state index in [1.165, 1.54) is 0 Å². The minimum atomic E-state index is -0.479. The van der Waals surface area contributed by atoms with E-state index in [0.717, 1.165) is 12.8 Å². The highest BCUT2D eigenvalue weighted by Crippen LogP contribution is 2.50. The van der Waals surface area contributed by atoms with Crippen molar-refractivity contribution in [3.63, 3.8) is 0 Å². The lowest BCUT2D eigenvalue weighted by Crippen LogP contribution is -2.47. The summed E-state index contributed by atoms with van der Waals surface area (Å²) >= 11 is 0. The number of hydrogen-bond donors (Lipinski definition) is 1.